The van der Waals surface area contributed by atoms with Gasteiger partial charge in [0.15, 0.2) is 0 Å². The van der Waals surface area contributed by atoms with Crippen molar-refractivity contribution < 1.29 is 0 Å². The molecule has 4 N–H and O–H groups in total. The summed E-state index contributed by atoms with van der Waals surface area (Å²) in [5, 5.41) is 0. The van der Waals surface area contributed by atoms with Gasteiger partial charge in [-0.05, 0) is 43.9 Å². The van der Waals surface area contributed by atoms with Crippen LogP contribution in [0.15, 0.2) is 0 Å². The summed E-state index contributed by atoms with van der Waals surface area (Å²) in [6, 6.07) is 0. The summed E-state index contributed by atoms with van der Waals surface area (Å²) in [5.41, 5.74) is 11.6. The summed E-state index contributed by atoms with van der Waals surface area (Å²) < 4.78 is 0. The van der Waals surface area contributed by atoms with Crippen LogP contribution in [0.4, 0.5) is 0 Å². The van der Waals surface area contributed by atoms with Crippen molar-refractivity contribution in [2.45, 2.75) is 76.8 Å². The maximum absolute atomic E-state index is 6.02. The van der Waals surface area contributed by atoms with Gasteiger partial charge in [0.1, 0.15) is 0 Å². The fourth-order valence-electron chi connectivity index (χ4n) is 3.91. The predicted molar refractivity (Wildman–Crippen MR) is 73.4 cm³/mol. The molecule has 0 saturated heterocycles. The second kappa shape index (κ2) is 5.71. The number of hydrogen-bond acceptors (Lipinski definition) is 2. The average molecular weight is 238 g/mol. The van der Waals surface area contributed by atoms with Gasteiger partial charge in [0.25, 0.3) is 0 Å². The molecule has 2 aliphatic carbocycles. The SMILES string of the molecule is CC(N)(N)C1CCC(CC2CCCCC2)CC1. The van der Waals surface area contributed by atoms with Crippen LogP contribution in [0.5, 0.6) is 0 Å². The standard InChI is InChI=1S/C15H30N2/c1-15(16,17)14-9-7-13(8-10-14)11-12-5-3-2-4-6-12/h12-14H,2-11,16-17H2,1H3. The first-order valence-corrected chi connectivity index (χ1v) is 7.63. The quantitative estimate of drug-likeness (QED) is 0.740. The summed E-state index contributed by atoms with van der Waals surface area (Å²) in [7, 11) is 0. The van der Waals surface area contributed by atoms with Crippen molar-refractivity contribution in [2.24, 2.45) is 29.2 Å². The van der Waals surface area contributed by atoms with Gasteiger partial charge in [-0.1, -0.05) is 44.9 Å². The molecule has 0 aliphatic heterocycles. The molecule has 0 unspecified atom stereocenters. The molecule has 0 amide bonds. The largest absolute Gasteiger partial charge is 0.313 e. The molecular formula is C15H30N2. The van der Waals surface area contributed by atoms with Crippen LogP contribution in [0.1, 0.15) is 71.1 Å². The molecule has 2 saturated carbocycles. The van der Waals surface area contributed by atoms with Crippen LogP contribution < -0.4 is 11.5 Å². The smallest absolute Gasteiger partial charge is 0.0636 e. The van der Waals surface area contributed by atoms with Crippen LogP contribution in [-0.2, 0) is 0 Å². The molecule has 0 bridgehead atoms. The fourth-order valence-corrected chi connectivity index (χ4v) is 3.91. The van der Waals surface area contributed by atoms with Crippen molar-refractivity contribution in [3.8, 4) is 0 Å². The zero-order valence-corrected chi connectivity index (χ0v) is 11.5. The van der Waals surface area contributed by atoms with Gasteiger partial charge in [0.2, 0.25) is 0 Å². The number of nitrogens with two attached hydrogens (primary N) is 2. The second-order valence-corrected chi connectivity index (χ2v) is 6.82. The fraction of sp³-hybridized carbons (Fsp3) is 1.00. The van der Waals surface area contributed by atoms with E-state index in [9.17, 15) is 0 Å². The summed E-state index contributed by atoms with van der Waals surface area (Å²) in [6.45, 7) is 1.99. The summed E-state index contributed by atoms with van der Waals surface area (Å²) >= 11 is 0. The predicted octanol–water partition coefficient (Wildman–Crippen LogP) is 3.40. The molecule has 100 valence electrons. The van der Waals surface area contributed by atoms with E-state index in [1.165, 1.54) is 64.2 Å². The molecule has 2 nitrogen and oxygen atoms in total. The second-order valence-electron chi connectivity index (χ2n) is 6.82. The zero-order valence-electron chi connectivity index (χ0n) is 11.5. The topological polar surface area (TPSA) is 52.0 Å². The molecule has 0 radical (unpaired) electrons. The van der Waals surface area contributed by atoms with Crippen LogP contribution in [0.2, 0.25) is 0 Å². The molecule has 0 spiro atoms. The van der Waals surface area contributed by atoms with Crippen molar-refractivity contribution in [2.75, 3.05) is 0 Å². The normalized spacial score (nSPS) is 32.6. The van der Waals surface area contributed by atoms with E-state index in [1.54, 1.807) is 0 Å². The first-order chi connectivity index (χ1) is 8.05. The number of hydrogen-bond donors (Lipinski definition) is 2. The van der Waals surface area contributed by atoms with Crippen molar-refractivity contribution in [3.05, 3.63) is 0 Å². The van der Waals surface area contributed by atoms with Crippen molar-refractivity contribution in [3.63, 3.8) is 0 Å². The number of rotatable bonds is 3. The Morgan fingerprint density at radius 2 is 1.35 bits per heavy atom. The van der Waals surface area contributed by atoms with E-state index in [-0.39, 0.29) is 0 Å². The minimum atomic E-state index is -0.449. The highest BCUT2D eigenvalue weighted by atomic mass is 15.0. The first kappa shape index (κ1) is 13.4. The van der Waals surface area contributed by atoms with Crippen LogP contribution in [0.3, 0.4) is 0 Å². The van der Waals surface area contributed by atoms with E-state index in [0.29, 0.717) is 5.92 Å². The lowest BCUT2D eigenvalue weighted by Crippen LogP contribution is -2.53. The summed E-state index contributed by atoms with van der Waals surface area (Å²) in [4.78, 5) is 0. The van der Waals surface area contributed by atoms with Gasteiger partial charge in [-0.25, -0.2) is 0 Å². The van der Waals surface area contributed by atoms with E-state index < -0.39 is 5.66 Å². The molecule has 17 heavy (non-hydrogen) atoms. The van der Waals surface area contributed by atoms with Crippen molar-refractivity contribution in [1.29, 1.82) is 0 Å². The van der Waals surface area contributed by atoms with Crippen LogP contribution in [-0.4, -0.2) is 5.66 Å². The third-order valence-corrected chi connectivity index (χ3v) is 5.12. The molecule has 2 aliphatic rings. The van der Waals surface area contributed by atoms with Crippen LogP contribution in [0, 0.1) is 17.8 Å². The van der Waals surface area contributed by atoms with Crippen LogP contribution >= 0.6 is 0 Å². The Morgan fingerprint density at radius 3 is 1.88 bits per heavy atom. The Morgan fingerprint density at radius 1 is 0.824 bits per heavy atom. The molecule has 2 fully saturated rings. The Hall–Kier alpha value is -0.0800. The maximum Gasteiger partial charge on any atom is 0.0636 e. The van der Waals surface area contributed by atoms with Gasteiger partial charge >= 0.3 is 0 Å². The van der Waals surface area contributed by atoms with Gasteiger partial charge in [-0.3, -0.25) is 0 Å². The molecular weight excluding hydrogens is 208 g/mol. The van der Waals surface area contributed by atoms with Gasteiger partial charge in [-0.15, -0.1) is 0 Å². The first-order valence-electron chi connectivity index (χ1n) is 7.63. The Labute approximate surface area is 107 Å². The van der Waals surface area contributed by atoms with Crippen molar-refractivity contribution >= 4 is 0 Å². The lowest BCUT2D eigenvalue weighted by atomic mass is 9.72. The Bertz CT molecular complexity index is 218. The lowest BCUT2D eigenvalue weighted by molar-refractivity contribution is 0.163. The monoisotopic (exact) mass is 238 g/mol. The maximum atomic E-state index is 6.02. The molecule has 0 aromatic heterocycles. The van der Waals surface area contributed by atoms with E-state index in [0.717, 1.165) is 11.8 Å². The van der Waals surface area contributed by atoms with E-state index in [1.807, 2.05) is 6.92 Å². The van der Waals surface area contributed by atoms with E-state index in [4.69, 9.17) is 11.5 Å². The highest BCUT2D eigenvalue weighted by Crippen LogP contribution is 2.38. The zero-order chi connectivity index (χ0) is 12.3. The Balaban J connectivity index is 1.71. The van der Waals surface area contributed by atoms with E-state index in [2.05, 4.69) is 0 Å². The molecule has 2 heteroatoms. The van der Waals surface area contributed by atoms with Gasteiger partial charge in [0, 0.05) is 0 Å². The van der Waals surface area contributed by atoms with Gasteiger partial charge in [-0.2, -0.15) is 0 Å². The average Bonchev–Trinajstić information content (AvgIpc) is 2.30. The summed E-state index contributed by atoms with van der Waals surface area (Å²) in [5.74, 6) is 2.55. The molecule has 0 aromatic rings. The summed E-state index contributed by atoms with van der Waals surface area (Å²) in [6.07, 6.45) is 14.1. The third kappa shape index (κ3) is 3.96. The molecule has 0 heterocycles. The highest BCUT2D eigenvalue weighted by Gasteiger charge is 2.31. The third-order valence-electron chi connectivity index (χ3n) is 5.12. The molecule has 2 rings (SSSR count). The lowest BCUT2D eigenvalue weighted by Gasteiger charge is -2.37. The van der Waals surface area contributed by atoms with Gasteiger partial charge in [0.05, 0.1) is 5.66 Å². The van der Waals surface area contributed by atoms with E-state index >= 15 is 0 Å². The minimum absolute atomic E-state index is 0.449. The van der Waals surface area contributed by atoms with Crippen molar-refractivity contribution in [1.82, 2.24) is 0 Å². The van der Waals surface area contributed by atoms with Crippen LogP contribution in [0.25, 0.3) is 0 Å². The minimum Gasteiger partial charge on any atom is -0.313 e. The Kier molecular flexibility index (Phi) is 4.48. The molecule has 0 aromatic carbocycles. The highest BCUT2D eigenvalue weighted by molar-refractivity contribution is 4.86. The van der Waals surface area contributed by atoms with Gasteiger partial charge < -0.3 is 11.5 Å². The molecule has 0 atom stereocenters.